The lowest BCUT2D eigenvalue weighted by Crippen LogP contribution is -2.40. The molecule has 0 saturated carbocycles. The first kappa shape index (κ1) is 17.9. The summed E-state index contributed by atoms with van der Waals surface area (Å²) in [6, 6.07) is 12.8. The van der Waals surface area contributed by atoms with Crippen LogP contribution in [0.2, 0.25) is 0 Å². The van der Waals surface area contributed by atoms with Crippen LogP contribution in [0, 0.1) is 0 Å². The normalized spacial score (nSPS) is 15.0. The predicted molar refractivity (Wildman–Crippen MR) is 98.1 cm³/mol. The van der Waals surface area contributed by atoms with E-state index in [0.717, 1.165) is 4.47 Å². The molecule has 1 aliphatic rings. The van der Waals surface area contributed by atoms with Crippen LogP contribution >= 0.6 is 15.9 Å². The maximum atomic E-state index is 12.5. The van der Waals surface area contributed by atoms with Crippen LogP contribution in [0.4, 0.5) is 5.69 Å². The van der Waals surface area contributed by atoms with Crippen LogP contribution in [0.3, 0.4) is 0 Å². The van der Waals surface area contributed by atoms with Crippen LogP contribution < -0.4 is 4.72 Å². The van der Waals surface area contributed by atoms with Gasteiger partial charge in [0.1, 0.15) is 0 Å². The number of halogens is 1. The van der Waals surface area contributed by atoms with E-state index in [1.807, 2.05) is 0 Å². The summed E-state index contributed by atoms with van der Waals surface area (Å²) in [5, 5.41) is 0. The van der Waals surface area contributed by atoms with Gasteiger partial charge in [-0.25, -0.2) is 8.42 Å². The molecule has 0 bridgehead atoms. The number of rotatable bonds is 4. The smallest absolute Gasteiger partial charge is 0.261 e. The molecule has 1 heterocycles. The molecule has 1 fully saturated rings. The van der Waals surface area contributed by atoms with E-state index in [1.165, 1.54) is 12.1 Å². The summed E-state index contributed by atoms with van der Waals surface area (Å²) in [5.41, 5.74) is 0.792. The van der Waals surface area contributed by atoms with E-state index < -0.39 is 10.0 Å². The van der Waals surface area contributed by atoms with Gasteiger partial charge in [-0.05, 0) is 42.5 Å². The van der Waals surface area contributed by atoms with Crippen molar-refractivity contribution < 1.29 is 17.9 Å². The molecule has 0 radical (unpaired) electrons. The summed E-state index contributed by atoms with van der Waals surface area (Å²) in [7, 11) is -3.71. The number of ether oxygens (including phenoxy) is 1. The lowest BCUT2D eigenvalue weighted by molar-refractivity contribution is 0.0303. The van der Waals surface area contributed by atoms with Gasteiger partial charge in [-0.2, -0.15) is 0 Å². The zero-order chi connectivity index (χ0) is 17.9. The van der Waals surface area contributed by atoms with E-state index in [1.54, 1.807) is 41.3 Å². The Kier molecular flexibility index (Phi) is 5.41. The Balaban J connectivity index is 1.79. The number of hydrogen-bond acceptors (Lipinski definition) is 4. The zero-order valence-electron chi connectivity index (χ0n) is 13.3. The summed E-state index contributed by atoms with van der Waals surface area (Å²) in [6.45, 7) is 2.10. The first-order valence-corrected chi connectivity index (χ1v) is 9.99. The molecule has 0 unspecified atom stereocenters. The monoisotopic (exact) mass is 424 g/mol. The Hall–Kier alpha value is -1.90. The van der Waals surface area contributed by atoms with Crippen LogP contribution in [0.5, 0.6) is 0 Å². The van der Waals surface area contributed by atoms with Crippen LogP contribution in [-0.2, 0) is 14.8 Å². The predicted octanol–water partition coefficient (Wildman–Crippen LogP) is 2.72. The van der Waals surface area contributed by atoms with Gasteiger partial charge in [0.05, 0.1) is 18.1 Å². The van der Waals surface area contributed by atoms with Gasteiger partial charge in [0.25, 0.3) is 15.9 Å². The number of sulfonamides is 1. The van der Waals surface area contributed by atoms with Gasteiger partial charge >= 0.3 is 0 Å². The van der Waals surface area contributed by atoms with Crippen LogP contribution in [-0.4, -0.2) is 45.5 Å². The molecule has 0 atom stereocenters. The van der Waals surface area contributed by atoms with Gasteiger partial charge in [0, 0.05) is 28.8 Å². The number of amides is 1. The van der Waals surface area contributed by atoms with E-state index in [-0.39, 0.29) is 10.8 Å². The van der Waals surface area contributed by atoms with Crippen molar-refractivity contribution in [3.8, 4) is 0 Å². The van der Waals surface area contributed by atoms with Crippen molar-refractivity contribution in [3.05, 3.63) is 58.6 Å². The fraction of sp³-hybridized carbons (Fsp3) is 0.235. The minimum atomic E-state index is -3.71. The molecule has 0 aliphatic carbocycles. The molecule has 0 spiro atoms. The van der Waals surface area contributed by atoms with Crippen molar-refractivity contribution in [1.29, 1.82) is 0 Å². The first-order valence-electron chi connectivity index (χ1n) is 7.71. The minimum Gasteiger partial charge on any atom is -0.378 e. The average Bonchev–Trinajstić information content (AvgIpc) is 2.62. The molecule has 1 amide bonds. The molecular weight excluding hydrogens is 408 g/mol. The van der Waals surface area contributed by atoms with Crippen molar-refractivity contribution in [3.63, 3.8) is 0 Å². The number of nitrogens with zero attached hydrogens (tertiary/aromatic N) is 1. The second-order valence-corrected chi connectivity index (χ2v) is 8.14. The molecule has 1 aliphatic heterocycles. The van der Waals surface area contributed by atoms with Crippen LogP contribution in [0.15, 0.2) is 57.9 Å². The minimum absolute atomic E-state index is 0.131. The second-order valence-electron chi connectivity index (χ2n) is 5.54. The molecule has 8 heteroatoms. The van der Waals surface area contributed by atoms with Gasteiger partial charge < -0.3 is 9.64 Å². The van der Waals surface area contributed by atoms with E-state index in [0.29, 0.717) is 37.6 Å². The molecular formula is C17H17BrN2O4S. The number of carbonyl (C=O) groups is 1. The Morgan fingerprint density at radius 2 is 1.76 bits per heavy atom. The number of carbonyl (C=O) groups excluding carboxylic acids is 1. The SMILES string of the molecule is O=C(c1cccc(NS(=O)(=O)c2ccc(Br)cc2)c1)N1CCOCC1. The fourth-order valence-corrected chi connectivity index (χ4v) is 3.81. The Labute approximate surface area is 155 Å². The quantitative estimate of drug-likeness (QED) is 0.818. The second kappa shape index (κ2) is 7.55. The van der Waals surface area contributed by atoms with Crippen molar-refractivity contribution in [2.45, 2.75) is 4.90 Å². The van der Waals surface area contributed by atoms with E-state index in [9.17, 15) is 13.2 Å². The number of nitrogens with one attached hydrogen (secondary N) is 1. The number of hydrogen-bond donors (Lipinski definition) is 1. The average molecular weight is 425 g/mol. The van der Waals surface area contributed by atoms with Gasteiger partial charge in [-0.1, -0.05) is 22.0 Å². The maximum absolute atomic E-state index is 12.5. The number of benzene rings is 2. The highest BCUT2D eigenvalue weighted by atomic mass is 79.9. The number of anilines is 1. The lowest BCUT2D eigenvalue weighted by Gasteiger charge is -2.27. The van der Waals surface area contributed by atoms with Gasteiger partial charge in [0.15, 0.2) is 0 Å². The van der Waals surface area contributed by atoms with E-state index >= 15 is 0 Å². The topological polar surface area (TPSA) is 75.7 Å². The zero-order valence-corrected chi connectivity index (χ0v) is 15.7. The van der Waals surface area contributed by atoms with Crippen molar-refractivity contribution in [2.75, 3.05) is 31.0 Å². The summed E-state index contributed by atoms with van der Waals surface area (Å²) in [5.74, 6) is -0.131. The number of morpholine rings is 1. The molecule has 2 aromatic rings. The summed E-state index contributed by atoms with van der Waals surface area (Å²) in [6.07, 6.45) is 0. The third-order valence-corrected chi connectivity index (χ3v) is 5.71. The molecule has 3 rings (SSSR count). The van der Waals surface area contributed by atoms with Crippen molar-refractivity contribution in [1.82, 2.24) is 4.90 Å². The third-order valence-electron chi connectivity index (χ3n) is 3.78. The van der Waals surface area contributed by atoms with Crippen molar-refractivity contribution >= 4 is 37.5 Å². The largest absolute Gasteiger partial charge is 0.378 e. The Morgan fingerprint density at radius 1 is 1.08 bits per heavy atom. The maximum Gasteiger partial charge on any atom is 0.261 e. The van der Waals surface area contributed by atoms with Crippen LogP contribution in [0.1, 0.15) is 10.4 Å². The summed E-state index contributed by atoms with van der Waals surface area (Å²) in [4.78, 5) is 14.4. The lowest BCUT2D eigenvalue weighted by atomic mass is 10.1. The molecule has 132 valence electrons. The van der Waals surface area contributed by atoms with Gasteiger partial charge in [-0.15, -0.1) is 0 Å². The van der Waals surface area contributed by atoms with Crippen LogP contribution in [0.25, 0.3) is 0 Å². The fourth-order valence-electron chi connectivity index (χ4n) is 2.49. The third kappa shape index (κ3) is 4.39. The Morgan fingerprint density at radius 3 is 2.44 bits per heavy atom. The highest BCUT2D eigenvalue weighted by Crippen LogP contribution is 2.20. The van der Waals surface area contributed by atoms with Gasteiger partial charge in [-0.3, -0.25) is 9.52 Å². The van der Waals surface area contributed by atoms with E-state index in [4.69, 9.17) is 4.74 Å². The molecule has 6 nitrogen and oxygen atoms in total. The highest BCUT2D eigenvalue weighted by Gasteiger charge is 2.20. The Bertz CT molecular complexity index is 862. The standard InChI is InChI=1S/C17H17BrN2O4S/c18-14-4-6-16(7-5-14)25(22,23)19-15-3-1-2-13(12-15)17(21)20-8-10-24-11-9-20/h1-7,12,19H,8-11H2. The molecule has 2 aromatic carbocycles. The first-order chi connectivity index (χ1) is 12.0. The molecule has 25 heavy (non-hydrogen) atoms. The van der Waals surface area contributed by atoms with Gasteiger partial charge in [0.2, 0.25) is 0 Å². The molecule has 0 aromatic heterocycles. The van der Waals surface area contributed by atoms with E-state index in [2.05, 4.69) is 20.7 Å². The molecule has 1 saturated heterocycles. The highest BCUT2D eigenvalue weighted by molar-refractivity contribution is 9.10. The molecule has 1 N–H and O–H groups in total. The summed E-state index contributed by atoms with van der Waals surface area (Å²) < 4.78 is 33.5. The summed E-state index contributed by atoms with van der Waals surface area (Å²) >= 11 is 3.28. The van der Waals surface area contributed by atoms with Crippen molar-refractivity contribution in [2.24, 2.45) is 0 Å².